The fourth-order valence-electron chi connectivity index (χ4n) is 2.49. The van der Waals surface area contributed by atoms with Crippen LogP contribution in [-0.4, -0.2) is 23.0 Å². The zero-order valence-corrected chi connectivity index (χ0v) is 14.9. The van der Waals surface area contributed by atoms with E-state index in [4.69, 9.17) is 0 Å². The van der Waals surface area contributed by atoms with Gasteiger partial charge < -0.3 is 10.4 Å². The average molecular weight is 419 g/mol. The molecule has 0 spiro atoms. The maximum atomic E-state index is 12.9. The highest BCUT2D eigenvalue weighted by molar-refractivity contribution is 5.97. The van der Waals surface area contributed by atoms with Gasteiger partial charge in [-0.05, 0) is 30.7 Å². The van der Waals surface area contributed by atoms with E-state index in [0.29, 0.717) is 5.56 Å². The summed E-state index contributed by atoms with van der Waals surface area (Å²) in [6.07, 6.45) is -10.4. The number of carboxylic acid groups (broad SMARTS) is 1. The summed E-state index contributed by atoms with van der Waals surface area (Å²) in [6.45, 7) is 1.80. The maximum Gasteiger partial charge on any atom is 0.416 e. The molecule has 0 fully saturated rings. The Morgan fingerprint density at radius 1 is 0.931 bits per heavy atom. The standard InChI is InChI=1S/C19H15F6NO3/c1-10-2-4-11(5-3-10)6-15(17(28)29)26-16(27)12-7-13(18(20,21)22)9-14(8-12)19(23,24)25/h2-5,7-9,15H,6H2,1H3,(H,26,27)(H,28,29)/t15-/m1/s1. The molecule has 1 amide bonds. The molecule has 0 unspecified atom stereocenters. The molecular formula is C19H15F6NO3. The van der Waals surface area contributed by atoms with E-state index >= 15 is 0 Å². The number of rotatable bonds is 5. The molecule has 0 radical (unpaired) electrons. The predicted octanol–water partition coefficient (Wildman–Crippen LogP) is 4.46. The minimum absolute atomic E-state index is 0.113. The van der Waals surface area contributed by atoms with Crippen molar-refractivity contribution in [1.82, 2.24) is 5.32 Å². The lowest BCUT2D eigenvalue weighted by Crippen LogP contribution is -2.42. The van der Waals surface area contributed by atoms with Gasteiger partial charge in [0.1, 0.15) is 6.04 Å². The number of aliphatic carboxylic acids is 1. The van der Waals surface area contributed by atoms with E-state index in [9.17, 15) is 41.0 Å². The second-order valence-electron chi connectivity index (χ2n) is 6.35. The van der Waals surface area contributed by atoms with Gasteiger partial charge in [0.25, 0.3) is 5.91 Å². The lowest BCUT2D eigenvalue weighted by atomic mass is 10.0. The third-order valence-electron chi connectivity index (χ3n) is 4.01. The molecule has 0 aliphatic rings. The van der Waals surface area contributed by atoms with E-state index < -0.39 is 47.0 Å². The van der Waals surface area contributed by atoms with Gasteiger partial charge in [-0.3, -0.25) is 4.79 Å². The summed E-state index contributed by atoms with van der Waals surface area (Å²) < 4.78 is 77.5. The Labute approximate surface area is 161 Å². The van der Waals surface area contributed by atoms with Gasteiger partial charge in [0.2, 0.25) is 0 Å². The number of amides is 1. The normalized spacial score (nSPS) is 13.1. The van der Waals surface area contributed by atoms with Gasteiger partial charge >= 0.3 is 18.3 Å². The van der Waals surface area contributed by atoms with Crippen LogP contribution in [0.4, 0.5) is 26.3 Å². The van der Waals surface area contributed by atoms with Crippen LogP contribution in [0.1, 0.15) is 32.6 Å². The van der Waals surface area contributed by atoms with Crippen LogP contribution in [0.15, 0.2) is 42.5 Å². The third kappa shape index (κ3) is 5.97. The molecule has 2 N–H and O–H groups in total. The molecule has 1 atom stereocenters. The monoisotopic (exact) mass is 419 g/mol. The largest absolute Gasteiger partial charge is 0.480 e. The van der Waals surface area contributed by atoms with Crippen LogP contribution in [0.3, 0.4) is 0 Å². The van der Waals surface area contributed by atoms with E-state index in [0.717, 1.165) is 5.56 Å². The molecule has 0 saturated heterocycles. The second kappa shape index (κ2) is 8.14. The van der Waals surface area contributed by atoms with Gasteiger partial charge in [-0.15, -0.1) is 0 Å². The van der Waals surface area contributed by atoms with E-state index in [-0.39, 0.29) is 24.6 Å². The summed E-state index contributed by atoms with van der Waals surface area (Å²) in [7, 11) is 0. The molecule has 0 heterocycles. The van der Waals surface area contributed by atoms with Crippen LogP contribution in [0.2, 0.25) is 0 Å². The van der Waals surface area contributed by atoms with Gasteiger partial charge in [-0.1, -0.05) is 29.8 Å². The van der Waals surface area contributed by atoms with E-state index in [1.165, 1.54) is 0 Å². The summed E-state index contributed by atoms with van der Waals surface area (Å²) in [5.41, 5.74) is -2.86. The summed E-state index contributed by atoms with van der Waals surface area (Å²) in [5.74, 6) is -2.84. The second-order valence-corrected chi connectivity index (χ2v) is 6.35. The number of carbonyl (C=O) groups excluding carboxylic acids is 1. The van der Waals surface area contributed by atoms with Gasteiger partial charge in [0, 0.05) is 12.0 Å². The summed E-state index contributed by atoms with van der Waals surface area (Å²) in [4.78, 5) is 23.7. The average Bonchev–Trinajstić information content (AvgIpc) is 2.61. The Hall–Kier alpha value is -3.04. The number of benzene rings is 2. The molecule has 2 rings (SSSR count). The van der Waals surface area contributed by atoms with Crippen LogP contribution in [-0.2, 0) is 23.6 Å². The Kier molecular flexibility index (Phi) is 6.24. The summed E-state index contributed by atoms with van der Waals surface area (Å²) >= 11 is 0. The van der Waals surface area contributed by atoms with Crippen molar-refractivity contribution in [1.29, 1.82) is 0 Å². The summed E-state index contributed by atoms with van der Waals surface area (Å²) in [5, 5.41) is 11.3. The Balaban J connectivity index is 2.33. The Morgan fingerprint density at radius 3 is 1.83 bits per heavy atom. The molecule has 0 saturated carbocycles. The fraction of sp³-hybridized carbons (Fsp3) is 0.263. The molecule has 10 heteroatoms. The van der Waals surface area contributed by atoms with Crippen molar-refractivity contribution in [2.24, 2.45) is 0 Å². The van der Waals surface area contributed by atoms with Crippen molar-refractivity contribution >= 4 is 11.9 Å². The minimum atomic E-state index is -5.12. The van der Waals surface area contributed by atoms with Gasteiger partial charge in [-0.25, -0.2) is 4.79 Å². The highest BCUT2D eigenvalue weighted by Crippen LogP contribution is 2.36. The molecule has 2 aromatic carbocycles. The number of nitrogens with one attached hydrogen (secondary N) is 1. The lowest BCUT2D eigenvalue weighted by Gasteiger charge is -2.17. The molecule has 0 aromatic heterocycles. The van der Waals surface area contributed by atoms with Gasteiger partial charge in [-0.2, -0.15) is 26.3 Å². The SMILES string of the molecule is Cc1ccc(C[C@@H](NC(=O)c2cc(C(F)(F)F)cc(C(F)(F)F)c2)C(=O)O)cc1. The van der Waals surface area contributed by atoms with E-state index in [1.54, 1.807) is 31.2 Å². The van der Waals surface area contributed by atoms with Crippen molar-refractivity contribution in [3.63, 3.8) is 0 Å². The van der Waals surface area contributed by atoms with Crippen molar-refractivity contribution in [3.8, 4) is 0 Å². The first-order valence-corrected chi connectivity index (χ1v) is 8.16. The first-order chi connectivity index (χ1) is 13.3. The highest BCUT2D eigenvalue weighted by Gasteiger charge is 2.37. The number of alkyl halides is 6. The molecule has 0 aliphatic heterocycles. The van der Waals surface area contributed by atoms with Crippen LogP contribution in [0.25, 0.3) is 0 Å². The number of aryl methyl sites for hydroxylation is 1. The van der Waals surface area contributed by atoms with E-state index in [2.05, 4.69) is 0 Å². The molecule has 156 valence electrons. The number of carbonyl (C=O) groups is 2. The smallest absolute Gasteiger partial charge is 0.416 e. The summed E-state index contributed by atoms with van der Waals surface area (Å²) in [6, 6.07) is 5.42. The number of hydrogen-bond acceptors (Lipinski definition) is 2. The predicted molar refractivity (Wildman–Crippen MR) is 90.2 cm³/mol. The molecule has 29 heavy (non-hydrogen) atoms. The first kappa shape index (κ1) is 22.3. The molecule has 2 aromatic rings. The van der Waals surface area contributed by atoms with Gasteiger partial charge in [0.15, 0.2) is 0 Å². The van der Waals surface area contributed by atoms with Gasteiger partial charge in [0.05, 0.1) is 11.1 Å². The van der Waals surface area contributed by atoms with Crippen LogP contribution < -0.4 is 5.32 Å². The van der Waals surface area contributed by atoms with Crippen molar-refractivity contribution in [3.05, 3.63) is 70.3 Å². The zero-order chi connectivity index (χ0) is 22.0. The maximum absolute atomic E-state index is 12.9. The van der Waals surface area contributed by atoms with E-state index in [1.807, 2.05) is 5.32 Å². The molecule has 0 bridgehead atoms. The molecule has 4 nitrogen and oxygen atoms in total. The fourth-order valence-corrected chi connectivity index (χ4v) is 2.49. The number of halogens is 6. The molecule has 0 aliphatic carbocycles. The quantitative estimate of drug-likeness (QED) is 0.704. The Morgan fingerprint density at radius 2 is 1.41 bits per heavy atom. The first-order valence-electron chi connectivity index (χ1n) is 8.16. The van der Waals surface area contributed by atoms with Crippen LogP contribution >= 0.6 is 0 Å². The van der Waals surface area contributed by atoms with Crippen molar-refractivity contribution < 1.29 is 41.0 Å². The van der Waals surface area contributed by atoms with Crippen LogP contribution in [0.5, 0.6) is 0 Å². The number of hydrogen-bond donors (Lipinski definition) is 2. The Bertz CT molecular complexity index is 871. The van der Waals surface area contributed by atoms with Crippen LogP contribution in [0, 0.1) is 6.92 Å². The minimum Gasteiger partial charge on any atom is -0.480 e. The van der Waals surface area contributed by atoms with Crippen molar-refractivity contribution in [2.45, 2.75) is 31.7 Å². The van der Waals surface area contributed by atoms with Crippen molar-refractivity contribution in [2.75, 3.05) is 0 Å². The zero-order valence-electron chi connectivity index (χ0n) is 14.9. The third-order valence-corrected chi connectivity index (χ3v) is 4.01. The number of carboxylic acids is 1. The topological polar surface area (TPSA) is 66.4 Å². The lowest BCUT2D eigenvalue weighted by molar-refractivity contribution is -0.143. The molecular weight excluding hydrogens is 404 g/mol. The highest BCUT2D eigenvalue weighted by atomic mass is 19.4.